The highest BCUT2D eigenvalue weighted by Crippen LogP contribution is 2.68. The number of ketones is 1. The summed E-state index contributed by atoms with van der Waals surface area (Å²) < 4.78 is 7.59. The Kier molecular flexibility index (Phi) is 11.6. The van der Waals surface area contributed by atoms with Crippen LogP contribution in [0.15, 0.2) is 15.9 Å². The van der Waals surface area contributed by atoms with E-state index in [0.717, 1.165) is 55.2 Å². The van der Waals surface area contributed by atoms with Gasteiger partial charge in [-0.15, -0.1) is 11.3 Å². The Labute approximate surface area is 284 Å². The minimum Gasteiger partial charge on any atom is -0.462 e. The Morgan fingerprint density at radius 2 is 1.80 bits per heavy atom. The second-order valence-electron chi connectivity index (χ2n) is 15.7. The fraction of sp³-hybridized carbons (Fsp3) is 0.816. The molecule has 1 N–H and O–H groups in total. The number of unbranched alkanes of at least 4 members (excludes halogenated alkanes) is 4. The van der Waals surface area contributed by atoms with Gasteiger partial charge in [-0.05, 0) is 120 Å². The number of ether oxygens (including phenoxy) is 1. The van der Waals surface area contributed by atoms with Crippen LogP contribution in [-0.4, -0.2) is 23.8 Å². The molecule has 0 radical (unpaired) electrons. The summed E-state index contributed by atoms with van der Waals surface area (Å²) >= 11 is 5.27. The summed E-state index contributed by atoms with van der Waals surface area (Å²) in [6.07, 6.45) is 15.3. The van der Waals surface area contributed by atoms with Gasteiger partial charge >= 0.3 is 5.97 Å². The number of halogens is 1. The third-order valence-electron chi connectivity index (χ3n) is 13.2. The van der Waals surface area contributed by atoms with E-state index in [-0.39, 0.29) is 34.9 Å². The SMILES string of the molecule is CCCCCCCC(=O)O[C@@H]1C[C@@H]2CC(=O)CC[C@]2(C)[C@H]2CC[C@]3(C)[C@@H]([C@H](C)CC(=O)N[C@H](CC)c4ccc(Br)s4)CC[C@H]3[C@H]12. The molecule has 1 aromatic heterocycles. The summed E-state index contributed by atoms with van der Waals surface area (Å²) in [6.45, 7) is 11.6. The van der Waals surface area contributed by atoms with E-state index in [4.69, 9.17) is 4.74 Å². The number of rotatable bonds is 13. The van der Waals surface area contributed by atoms with E-state index >= 15 is 0 Å². The average molecular weight is 705 g/mol. The number of thiophene rings is 1. The van der Waals surface area contributed by atoms with E-state index in [0.29, 0.717) is 67.0 Å². The monoisotopic (exact) mass is 703 g/mol. The number of carbonyl (C=O) groups excluding carboxylic acids is 3. The molecular weight excluding hydrogens is 646 g/mol. The fourth-order valence-electron chi connectivity index (χ4n) is 10.8. The van der Waals surface area contributed by atoms with Gasteiger partial charge < -0.3 is 10.1 Å². The van der Waals surface area contributed by atoms with Gasteiger partial charge in [0.15, 0.2) is 0 Å². The molecule has 5 rings (SSSR count). The van der Waals surface area contributed by atoms with Gasteiger partial charge in [-0.25, -0.2) is 0 Å². The normalized spacial score (nSPS) is 35.6. The highest BCUT2D eigenvalue weighted by molar-refractivity contribution is 9.11. The molecule has 0 unspecified atom stereocenters. The molecule has 1 aromatic rings. The smallest absolute Gasteiger partial charge is 0.306 e. The molecule has 0 aliphatic heterocycles. The van der Waals surface area contributed by atoms with Gasteiger partial charge in [0.1, 0.15) is 11.9 Å². The standard InChI is InChI=1S/C38H58BrNO4S/c1-6-8-9-10-11-12-35(43)44-31-23-25-22-26(41)17-19-37(25,4)29-18-20-38(5)27(13-14-28(38)36(29)31)24(3)21-34(42)40-30(7-2)32-15-16-33(39)45-32/h15-16,24-25,27-31,36H,6-14,17-23H2,1-5H3,(H,40,42)/t24-,25+,27-,28+,29+,30-,31-,36+,37+,38-/m1/s1. The predicted octanol–water partition coefficient (Wildman–Crippen LogP) is 10.2. The molecule has 4 fully saturated rings. The van der Waals surface area contributed by atoms with Crippen LogP contribution in [0.4, 0.5) is 0 Å². The van der Waals surface area contributed by atoms with Crippen LogP contribution in [0.3, 0.4) is 0 Å². The third-order valence-corrected chi connectivity index (χ3v) is 14.9. The first-order valence-electron chi connectivity index (χ1n) is 18.3. The zero-order valence-electron chi connectivity index (χ0n) is 28.5. The van der Waals surface area contributed by atoms with E-state index in [1.54, 1.807) is 11.3 Å². The van der Waals surface area contributed by atoms with Crippen LogP contribution in [0.2, 0.25) is 0 Å². The number of hydrogen-bond donors (Lipinski definition) is 1. The van der Waals surface area contributed by atoms with Crippen LogP contribution in [0.5, 0.6) is 0 Å². The van der Waals surface area contributed by atoms with Crippen LogP contribution >= 0.6 is 27.3 Å². The van der Waals surface area contributed by atoms with Crippen LogP contribution in [0, 0.1) is 46.3 Å². The average Bonchev–Trinajstić information content (AvgIpc) is 3.59. The van der Waals surface area contributed by atoms with Gasteiger partial charge in [-0.2, -0.15) is 0 Å². The summed E-state index contributed by atoms with van der Waals surface area (Å²) in [5, 5.41) is 3.34. The Morgan fingerprint density at radius 3 is 2.51 bits per heavy atom. The lowest BCUT2D eigenvalue weighted by atomic mass is 9.43. The van der Waals surface area contributed by atoms with Crippen molar-refractivity contribution in [1.29, 1.82) is 0 Å². The van der Waals surface area contributed by atoms with Gasteiger partial charge in [0.05, 0.1) is 9.83 Å². The molecule has 0 aromatic carbocycles. The maximum atomic E-state index is 13.4. The van der Waals surface area contributed by atoms with Crippen molar-refractivity contribution in [3.63, 3.8) is 0 Å². The van der Waals surface area contributed by atoms with E-state index in [2.05, 4.69) is 68.0 Å². The largest absolute Gasteiger partial charge is 0.462 e. The van der Waals surface area contributed by atoms with Gasteiger partial charge in [-0.3, -0.25) is 14.4 Å². The number of amides is 1. The lowest BCUT2D eigenvalue weighted by Crippen LogP contribution is -2.59. The Morgan fingerprint density at radius 1 is 1.04 bits per heavy atom. The molecule has 4 aliphatic rings. The van der Waals surface area contributed by atoms with E-state index in [1.165, 1.54) is 30.6 Å². The van der Waals surface area contributed by atoms with Crippen molar-refractivity contribution in [2.24, 2.45) is 46.3 Å². The van der Waals surface area contributed by atoms with Gasteiger partial charge in [-0.1, -0.05) is 60.3 Å². The Hall–Kier alpha value is -1.21. The zero-order valence-corrected chi connectivity index (χ0v) is 30.9. The predicted molar refractivity (Wildman–Crippen MR) is 186 cm³/mol. The molecule has 4 aliphatic carbocycles. The van der Waals surface area contributed by atoms with Crippen molar-refractivity contribution in [1.82, 2.24) is 5.32 Å². The first kappa shape index (κ1) is 35.1. The molecule has 45 heavy (non-hydrogen) atoms. The maximum absolute atomic E-state index is 13.4. The number of carbonyl (C=O) groups is 3. The molecule has 0 spiro atoms. The molecule has 0 saturated heterocycles. The highest BCUT2D eigenvalue weighted by Gasteiger charge is 2.64. The summed E-state index contributed by atoms with van der Waals surface area (Å²) in [6, 6.07) is 4.23. The van der Waals surface area contributed by atoms with Crippen molar-refractivity contribution < 1.29 is 19.1 Å². The Balaban J connectivity index is 1.29. The first-order valence-corrected chi connectivity index (χ1v) is 19.9. The molecular formula is C38H58BrNO4S. The minimum absolute atomic E-state index is 0.0314. The highest BCUT2D eigenvalue weighted by atomic mass is 79.9. The van der Waals surface area contributed by atoms with E-state index < -0.39 is 0 Å². The van der Waals surface area contributed by atoms with E-state index in [1.807, 2.05) is 0 Å². The summed E-state index contributed by atoms with van der Waals surface area (Å²) in [4.78, 5) is 40.5. The van der Waals surface area contributed by atoms with Gasteiger partial charge in [0, 0.05) is 36.5 Å². The van der Waals surface area contributed by atoms with Gasteiger partial charge in [0.25, 0.3) is 0 Å². The molecule has 5 nitrogen and oxygen atoms in total. The van der Waals surface area contributed by atoms with Crippen molar-refractivity contribution in [3.05, 3.63) is 20.8 Å². The molecule has 1 heterocycles. The number of esters is 1. The maximum Gasteiger partial charge on any atom is 0.306 e. The third kappa shape index (κ3) is 7.44. The van der Waals surface area contributed by atoms with Crippen LogP contribution < -0.4 is 5.32 Å². The number of hydrogen-bond acceptors (Lipinski definition) is 5. The Bertz CT molecular complexity index is 1200. The second-order valence-corrected chi connectivity index (χ2v) is 18.2. The quantitative estimate of drug-likeness (QED) is 0.164. The van der Waals surface area contributed by atoms with Crippen LogP contribution in [0.1, 0.15) is 148 Å². The molecule has 252 valence electrons. The number of Topliss-reactive ketones (excluding diaryl/α,β-unsaturated/α-hetero) is 1. The van der Waals surface area contributed by atoms with Crippen molar-refractivity contribution >= 4 is 44.9 Å². The fourth-order valence-corrected chi connectivity index (χ4v) is 12.3. The molecule has 1 amide bonds. The van der Waals surface area contributed by atoms with Crippen molar-refractivity contribution in [3.8, 4) is 0 Å². The molecule has 7 heteroatoms. The number of fused-ring (bicyclic) bond motifs is 5. The lowest BCUT2D eigenvalue weighted by Gasteiger charge is -2.62. The minimum atomic E-state index is -0.0838. The van der Waals surface area contributed by atoms with Crippen LogP contribution in [-0.2, 0) is 19.1 Å². The first-order chi connectivity index (χ1) is 21.5. The second kappa shape index (κ2) is 14.9. The molecule has 4 saturated carbocycles. The zero-order chi connectivity index (χ0) is 32.4. The summed E-state index contributed by atoms with van der Waals surface area (Å²) in [5.74, 6) is 2.97. The van der Waals surface area contributed by atoms with Crippen LogP contribution in [0.25, 0.3) is 0 Å². The van der Waals surface area contributed by atoms with E-state index in [9.17, 15) is 14.4 Å². The molecule has 0 bridgehead atoms. The lowest BCUT2D eigenvalue weighted by molar-refractivity contribution is -0.191. The summed E-state index contributed by atoms with van der Waals surface area (Å²) in [5.41, 5.74) is 0.292. The summed E-state index contributed by atoms with van der Waals surface area (Å²) in [7, 11) is 0. The van der Waals surface area contributed by atoms with Crippen molar-refractivity contribution in [2.45, 2.75) is 149 Å². The number of nitrogens with one attached hydrogen (secondary N) is 1. The van der Waals surface area contributed by atoms with Crippen molar-refractivity contribution in [2.75, 3.05) is 0 Å². The van der Waals surface area contributed by atoms with Gasteiger partial charge in [0.2, 0.25) is 5.91 Å². The molecule has 10 atom stereocenters. The topological polar surface area (TPSA) is 72.5 Å².